The molecule has 1 aliphatic heterocycles. The standard InChI is InChI=1S/C11H20N2O3/c1-3-11(10(15)16)4-5-13(7-11)9(14)8(2)6-12/h8H,3-7,12H2,1-2H3,(H,15,16). The lowest BCUT2D eigenvalue weighted by Gasteiger charge is -2.24. The van der Waals surface area contributed by atoms with Gasteiger partial charge in [0.05, 0.1) is 5.41 Å². The molecule has 2 atom stereocenters. The van der Waals surface area contributed by atoms with Crippen LogP contribution in [0.4, 0.5) is 0 Å². The largest absolute Gasteiger partial charge is 0.481 e. The molecule has 1 heterocycles. The first-order valence-corrected chi connectivity index (χ1v) is 5.69. The van der Waals surface area contributed by atoms with Crippen LogP contribution in [0.25, 0.3) is 0 Å². The van der Waals surface area contributed by atoms with Crippen molar-refractivity contribution in [2.75, 3.05) is 19.6 Å². The highest BCUT2D eigenvalue weighted by molar-refractivity contribution is 5.82. The minimum absolute atomic E-state index is 0.0286. The van der Waals surface area contributed by atoms with Crippen molar-refractivity contribution in [3.05, 3.63) is 0 Å². The van der Waals surface area contributed by atoms with E-state index in [1.807, 2.05) is 6.92 Å². The molecule has 0 spiro atoms. The lowest BCUT2D eigenvalue weighted by atomic mass is 9.84. The van der Waals surface area contributed by atoms with Gasteiger partial charge in [-0.25, -0.2) is 0 Å². The molecule has 1 saturated heterocycles. The average Bonchev–Trinajstić information content (AvgIpc) is 2.72. The quantitative estimate of drug-likeness (QED) is 0.724. The number of hydrogen-bond donors (Lipinski definition) is 2. The predicted octanol–water partition coefficient (Wildman–Crippen LogP) is 0.295. The van der Waals surface area contributed by atoms with Gasteiger partial charge in [0.25, 0.3) is 0 Å². The van der Waals surface area contributed by atoms with E-state index in [9.17, 15) is 14.7 Å². The topological polar surface area (TPSA) is 83.6 Å². The first-order chi connectivity index (χ1) is 7.46. The van der Waals surface area contributed by atoms with Crippen molar-refractivity contribution < 1.29 is 14.7 Å². The molecule has 1 rings (SSSR count). The molecule has 1 aliphatic rings. The van der Waals surface area contributed by atoms with E-state index >= 15 is 0 Å². The highest BCUT2D eigenvalue weighted by Crippen LogP contribution is 2.34. The summed E-state index contributed by atoms with van der Waals surface area (Å²) in [6.45, 7) is 4.79. The fourth-order valence-corrected chi connectivity index (χ4v) is 2.09. The maximum atomic E-state index is 11.9. The van der Waals surface area contributed by atoms with E-state index in [0.29, 0.717) is 32.5 Å². The summed E-state index contributed by atoms with van der Waals surface area (Å²) < 4.78 is 0. The molecule has 16 heavy (non-hydrogen) atoms. The first-order valence-electron chi connectivity index (χ1n) is 5.69. The van der Waals surface area contributed by atoms with Gasteiger partial charge in [0.2, 0.25) is 5.91 Å². The number of rotatable bonds is 4. The Balaban J connectivity index is 2.71. The Kier molecular flexibility index (Phi) is 3.91. The van der Waals surface area contributed by atoms with Crippen LogP contribution in [-0.4, -0.2) is 41.5 Å². The average molecular weight is 228 g/mol. The monoisotopic (exact) mass is 228 g/mol. The number of amides is 1. The van der Waals surface area contributed by atoms with Crippen LogP contribution in [0.1, 0.15) is 26.7 Å². The van der Waals surface area contributed by atoms with Gasteiger partial charge in [0.15, 0.2) is 0 Å². The van der Waals surface area contributed by atoms with Gasteiger partial charge in [0, 0.05) is 25.6 Å². The number of likely N-dealkylation sites (tertiary alicyclic amines) is 1. The summed E-state index contributed by atoms with van der Waals surface area (Å²) in [5.74, 6) is -1.05. The van der Waals surface area contributed by atoms with Crippen LogP contribution < -0.4 is 5.73 Å². The SMILES string of the molecule is CCC1(C(=O)O)CCN(C(=O)C(C)CN)C1. The van der Waals surface area contributed by atoms with E-state index in [2.05, 4.69) is 0 Å². The second kappa shape index (κ2) is 4.82. The second-order valence-electron chi connectivity index (χ2n) is 4.59. The maximum absolute atomic E-state index is 11.9. The Morgan fingerprint density at radius 3 is 2.56 bits per heavy atom. The van der Waals surface area contributed by atoms with Crippen molar-refractivity contribution in [1.82, 2.24) is 4.90 Å². The summed E-state index contributed by atoms with van der Waals surface area (Å²) in [7, 11) is 0. The van der Waals surface area contributed by atoms with Crippen molar-refractivity contribution in [2.45, 2.75) is 26.7 Å². The molecule has 0 bridgehead atoms. The van der Waals surface area contributed by atoms with Gasteiger partial charge in [-0.3, -0.25) is 9.59 Å². The minimum atomic E-state index is -0.800. The van der Waals surface area contributed by atoms with Gasteiger partial charge in [-0.1, -0.05) is 13.8 Å². The Bertz CT molecular complexity index is 293. The summed E-state index contributed by atoms with van der Waals surface area (Å²) in [6, 6.07) is 0. The number of carbonyl (C=O) groups is 2. The van der Waals surface area contributed by atoms with E-state index in [1.54, 1.807) is 11.8 Å². The Hall–Kier alpha value is -1.10. The molecular formula is C11H20N2O3. The zero-order valence-electron chi connectivity index (χ0n) is 9.90. The summed E-state index contributed by atoms with van der Waals surface area (Å²) in [5, 5.41) is 9.20. The van der Waals surface area contributed by atoms with Crippen LogP contribution >= 0.6 is 0 Å². The maximum Gasteiger partial charge on any atom is 0.311 e. The van der Waals surface area contributed by atoms with Crippen LogP contribution in [0, 0.1) is 11.3 Å². The van der Waals surface area contributed by atoms with E-state index in [1.165, 1.54) is 0 Å². The third-order valence-electron chi connectivity index (χ3n) is 3.57. The molecule has 3 N–H and O–H groups in total. The Labute approximate surface area is 95.6 Å². The number of carboxylic acid groups (broad SMARTS) is 1. The molecule has 1 fully saturated rings. The number of hydrogen-bond acceptors (Lipinski definition) is 3. The van der Waals surface area contributed by atoms with E-state index in [0.717, 1.165) is 0 Å². The normalized spacial score (nSPS) is 26.8. The molecule has 92 valence electrons. The highest BCUT2D eigenvalue weighted by Gasteiger charge is 2.45. The molecule has 0 radical (unpaired) electrons. The van der Waals surface area contributed by atoms with E-state index in [4.69, 9.17) is 5.73 Å². The lowest BCUT2D eigenvalue weighted by Crippen LogP contribution is -2.40. The third-order valence-corrected chi connectivity index (χ3v) is 3.57. The molecule has 2 unspecified atom stereocenters. The second-order valence-corrected chi connectivity index (χ2v) is 4.59. The summed E-state index contributed by atoms with van der Waals surface area (Å²) in [5.41, 5.74) is 4.69. The van der Waals surface area contributed by atoms with Crippen molar-refractivity contribution in [1.29, 1.82) is 0 Å². The molecular weight excluding hydrogens is 208 g/mol. The van der Waals surface area contributed by atoms with Gasteiger partial charge < -0.3 is 15.7 Å². The van der Waals surface area contributed by atoms with Crippen LogP contribution in [0.15, 0.2) is 0 Å². The van der Waals surface area contributed by atoms with Crippen molar-refractivity contribution in [2.24, 2.45) is 17.1 Å². The Morgan fingerprint density at radius 1 is 1.56 bits per heavy atom. The molecule has 5 nitrogen and oxygen atoms in total. The number of nitrogens with two attached hydrogens (primary N) is 1. The molecule has 1 amide bonds. The number of carbonyl (C=O) groups excluding carboxylic acids is 1. The van der Waals surface area contributed by atoms with Gasteiger partial charge in [-0.05, 0) is 12.8 Å². The smallest absolute Gasteiger partial charge is 0.311 e. The predicted molar refractivity (Wildman–Crippen MR) is 59.8 cm³/mol. The van der Waals surface area contributed by atoms with E-state index < -0.39 is 11.4 Å². The molecule has 0 aromatic heterocycles. The highest BCUT2D eigenvalue weighted by atomic mass is 16.4. The van der Waals surface area contributed by atoms with Gasteiger partial charge in [0.1, 0.15) is 0 Å². The summed E-state index contributed by atoms with van der Waals surface area (Å²) in [6.07, 6.45) is 1.10. The number of aliphatic carboxylic acids is 1. The number of carboxylic acids is 1. The zero-order chi connectivity index (χ0) is 12.3. The summed E-state index contributed by atoms with van der Waals surface area (Å²) in [4.78, 5) is 24.7. The Morgan fingerprint density at radius 2 is 2.19 bits per heavy atom. The first kappa shape index (κ1) is 13.0. The fraction of sp³-hybridized carbons (Fsp3) is 0.818. The van der Waals surface area contributed by atoms with Crippen molar-refractivity contribution in [3.63, 3.8) is 0 Å². The lowest BCUT2D eigenvalue weighted by molar-refractivity contribution is -0.148. The molecule has 0 saturated carbocycles. The third kappa shape index (κ3) is 2.19. The fourth-order valence-electron chi connectivity index (χ4n) is 2.09. The summed E-state index contributed by atoms with van der Waals surface area (Å²) >= 11 is 0. The molecule has 0 aromatic rings. The molecule has 5 heteroatoms. The van der Waals surface area contributed by atoms with Crippen LogP contribution in [0.2, 0.25) is 0 Å². The van der Waals surface area contributed by atoms with Gasteiger partial charge >= 0.3 is 5.97 Å². The minimum Gasteiger partial charge on any atom is -0.481 e. The van der Waals surface area contributed by atoms with Crippen molar-refractivity contribution >= 4 is 11.9 Å². The van der Waals surface area contributed by atoms with Gasteiger partial charge in [-0.15, -0.1) is 0 Å². The zero-order valence-corrected chi connectivity index (χ0v) is 9.90. The molecule has 0 aromatic carbocycles. The van der Waals surface area contributed by atoms with Crippen molar-refractivity contribution in [3.8, 4) is 0 Å². The van der Waals surface area contributed by atoms with Gasteiger partial charge in [-0.2, -0.15) is 0 Å². The molecule has 0 aliphatic carbocycles. The van der Waals surface area contributed by atoms with Crippen LogP contribution in [0.3, 0.4) is 0 Å². The number of nitrogens with zero attached hydrogens (tertiary/aromatic N) is 1. The van der Waals surface area contributed by atoms with Crippen LogP contribution in [-0.2, 0) is 9.59 Å². The van der Waals surface area contributed by atoms with E-state index in [-0.39, 0.29) is 11.8 Å². The van der Waals surface area contributed by atoms with Crippen LogP contribution in [0.5, 0.6) is 0 Å².